The predicted molar refractivity (Wildman–Crippen MR) is 124 cm³/mol. The minimum atomic E-state index is -0.961. The maximum Gasteiger partial charge on any atom is 0.352 e. The molecule has 0 aliphatic heterocycles. The maximum absolute atomic E-state index is 13.4. The average molecular weight is 439 g/mol. The van der Waals surface area contributed by atoms with Crippen LogP contribution in [0.1, 0.15) is 66.6 Å². The molecule has 0 bridgehead atoms. The van der Waals surface area contributed by atoms with Crippen LogP contribution in [0.25, 0.3) is 10.9 Å². The van der Waals surface area contributed by atoms with Gasteiger partial charge in [-0.15, -0.1) is 0 Å². The van der Waals surface area contributed by atoms with Gasteiger partial charge in [-0.05, 0) is 42.7 Å². The van der Waals surface area contributed by atoms with Gasteiger partial charge in [-0.3, -0.25) is 0 Å². The van der Waals surface area contributed by atoms with Gasteiger partial charge in [0.2, 0.25) is 0 Å². The van der Waals surface area contributed by atoms with E-state index in [1.54, 1.807) is 19.2 Å². The first-order valence-corrected chi connectivity index (χ1v) is 11.5. The number of hydrogen-bond donors (Lipinski definition) is 2. The van der Waals surface area contributed by atoms with Crippen LogP contribution in [0.3, 0.4) is 0 Å². The molecule has 0 amide bonds. The van der Waals surface area contributed by atoms with Crippen molar-refractivity contribution in [3.63, 3.8) is 0 Å². The predicted octanol–water partition coefficient (Wildman–Crippen LogP) is 5.74. The summed E-state index contributed by atoms with van der Waals surface area (Å²) in [5.41, 5.74) is 2.71. The lowest BCUT2D eigenvalue weighted by molar-refractivity contribution is 0.0684. The van der Waals surface area contributed by atoms with Gasteiger partial charge in [0.05, 0.1) is 12.6 Å². The van der Waals surface area contributed by atoms with Crippen LogP contribution in [0.5, 0.6) is 5.75 Å². The van der Waals surface area contributed by atoms with Crippen LogP contribution in [0.2, 0.25) is 0 Å². The molecule has 1 saturated carbocycles. The van der Waals surface area contributed by atoms with Gasteiger partial charge < -0.3 is 19.7 Å². The number of ether oxygens (including phenoxy) is 1. The van der Waals surface area contributed by atoms with E-state index in [-0.39, 0.29) is 11.5 Å². The second-order valence-corrected chi connectivity index (χ2v) is 8.65. The maximum atomic E-state index is 13.4. The SMILES string of the molecule is COc1ccc2c(CNC3CCCCCCC3)c(C(=O)O)n(Cc3ccc(F)cc3)c2c1. The molecule has 1 aromatic heterocycles. The second kappa shape index (κ2) is 10.2. The number of aromatic carboxylic acids is 1. The molecule has 0 unspecified atom stereocenters. The minimum absolute atomic E-state index is 0.274. The normalized spacial score (nSPS) is 15.4. The minimum Gasteiger partial charge on any atom is -0.497 e. The van der Waals surface area contributed by atoms with E-state index in [0.717, 1.165) is 34.9 Å². The smallest absolute Gasteiger partial charge is 0.352 e. The molecule has 1 aliphatic carbocycles. The Balaban J connectivity index is 1.72. The zero-order chi connectivity index (χ0) is 22.5. The van der Waals surface area contributed by atoms with Gasteiger partial charge in [0, 0.05) is 36.1 Å². The van der Waals surface area contributed by atoms with Gasteiger partial charge in [-0.2, -0.15) is 0 Å². The third-order valence-electron chi connectivity index (χ3n) is 6.51. The average Bonchev–Trinajstić information content (AvgIpc) is 3.07. The highest BCUT2D eigenvalue weighted by atomic mass is 19.1. The van der Waals surface area contributed by atoms with Gasteiger partial charge in [-0.25, -0.2) is 9.18 Å². The van der Waals surface area contributed by atoms with Crippen molar-refractivity contribution in [1.29, 1.82) is 0 Å². The van der Waals surface area contributed by atoms with E-state index in [1.807, 2.05) is 22.8 Å². The Labute approximate surface area is 188 Å². The standard InChI is InChI=1S/C26H31FN2O3/c1-32-21-13-14-22-23(16-28-20-7-5-3-2-4-6-8-20)25(26(30)31)29(24(22)15-21)17-18-9-11-19(27)12-10-18/h9-15,20,28H,2-8,16-17H2,1H3,(H,30,31). The van der Waals surface area contributed by atoms with E-state index in [2.05, 4.69) is 5.32 Å². The molecule has 2 N–H and O–H groups in total. The molecular weight excluding hydrogens is 407 g/mol. The van der Waals surface area contributed by atoms with Gasteiger partial charge in [-0.1, -0.05) is 44.2 Å². The van der Waals surface area contributed by atoms with Crippen LogP contribution in [0.15, 0.2) is 42.5 Å². The number of benzene rings is 2. The Morgan fingerprint density at radius 3 is 2.44 bits per heavy atom. The summed E-state index contributed by atoms with van der Waals surface area (Å²) < 4.78 is 20.6. The first-order valence-electron chi connectivity index (χ1n) is 11.5. The number of carboxylic acids is 1. The Hall–Kier alpha value is -2.86. The Morgan fingerprint density at radius 1 is 1.09 bits per heavy atom. The number of methoxy groups -OCH3 is 1. The fraction of sp³-hybridized carbons (Fsp3) is 0.423. The fourth-order valence-corrected chi connectivity index (χ4v) is 4.79. The number of halogens is 1. The largest absolute Gasteiger partial charge is 0.497 e. The van der Waals surface area contributed by atoms with Crippen molar-refractivity contribution in [2.45, 2.75) is 64.1 Å². The Kier molecular flexibility index (Phi) is 7.10. The number of fused-ring (bicyclic) bond motifs is 1. The number of carboxylic acid groups (broad SMARTS) is 1. The number of nitrogens with zero attached hydrogens (tertiary/aromatic N) is 1. The van der Waals surface area contributed by atoms with E-state index in [1.165, 1.54) is 44.2 Å². The van der Waals surface area contributed by atoms with Crippen LogP contribution in [-0.4, -0.2) is 28.8 Å². The van der Waals surface area contributed by atoms with Crippen molar-refractivity contribution in [2.24, 2.45) is 0 Å². The Bertz CT molecular complexity index is 1070. The molecule has 5 nitrogen and oxygen atoms in total. The summed E-state index contributed by atoms with van der Waals surface area (Å²) in [6.07, 6.45) is 8.55. The molecule has 4 rings (SSSR count). The number of hydrogen-bond acceptors (Lipinski definition) is 3. The molecule has 0 atom stereocenters. The number of rotatable bonds is 7. The summed E-state index contributed by atoms with van der Waals surface area (Å²) in [5, 5.41) is 14.7. The highest BCUT2D eigenvalue weighted by Gasteiger charge is 2.24. The quantitative estimate of drug-likeness (QED) is 0.494. The van der Waals surface area contributed by atoms with Crippen LogP contribution >= 0.6 is 0 Å². The van der Waals surface area contributed by atoms with Crippen LogP contribution in [0.4, 0.5) is 4.39 Å². The van der Waals surface area contributed by atoms with Crippen molar-refractivity contribution in [1.82, 2.24) is 9.88 Å². The topological polar surface area (TPSA) is 63.5 Å². The summed E-state index contributed by atoms with van der Waals surface area (Å²) in [7, 11) is 1.60. The summed E-state index contributed by atoms with van der Waals surface area (Å²) in [5.74, 6) is -0.598. The number of nitrogens with one attached hydrogen (secondary N) is 1. The van der Waals surface area contributed by atoms with E-state index < -0.39 is 5.97 Å². The highest BCUT2D eigenvalue weighted by Crippen LogP contribution is 2.31. The molecule has 170 valence electrons. The van der Waals surface area contributed by atoms with Crippen molar-refractivity contribution in [3.05, 3.63) is 65.1 Å². The van der Waals surface area contributed by atoms with Crippen LogP contribution in [0, 0.1) is 5.82 Å². The van der Waals surface area contributed by atoms with E-state index in [9.17, 15) is 14.3 Å². The molecule has 32 heavy (non-hydrogen) atoms. The van der Waals surface area contributed by atoms with Crippen LogP contribution in [-0.2, 0) is 13.1 Å². The molecule has 6 heteroatoms. The van der Waals surface area contributed by atoms with Gasteiger partial charge >= 0.3 is 5.97 Å². The molecule has 3 aromatic rings. The molecule has 0 saturated heterocycles. The summed E-state index contributed by atoms with van der Waals surface area (Å²) in [6, 6.07) is 12.3. The van der Waals surface area contributed by atoms with E-state index >= 15 is 0 Å². The van der Waals surface area contributed by atoms with Crippen molar-refractivity contribution < 1.29 is 19.0 Å². The molecule has 2 aromatic carbocycles. The van der Waals surface area contributed by atoms with Gasteiger partial charge in [0.15, 0.2) is 0 Å². The molecule has 1 heterocycles. The first-order chi connectivity index (χ1) is 15.6. The molecule has 0 radical (unpaired) electrons. The fourth-order valence-electron chi connectivity index (χ4n) is 4.79. The van der Waals surface area contributed by atoms with Crippen LogP contribution < -0.4 is 10.1 Å². The molecule has 1 aliphatic rings. The Morgan fingerprint density at radius 2 is 1.78 bits per heavy atom. The second-order valence-electron chi connectivity index (χ2n) is 8.65. The molecule has 0 spiro atoms. The van der Waals surface area contributed by atoms with Crippen molar-refractivity contribution >= 4 is 16.9 Å². The monoisotopic (exact) mass is 438 g/mol. The molecule has 1 fully saturated rings. The zero-order valence-corrected chi connectivity index (χ0v) is 18.6. The lowest BCUT2D eigenvalue weighted by Crippen LogP contribution is -2.30. The lowest BCUT2D eigenvalue weighted by atomic mass is 9.96. The van der Waals surface area contributed by atoms with E-state index in [0.29, 0.717) is 24.9 Å². The number of aromatic nitrogens is 1. The van der Waals surface area contributed by atoms with Crippen molar-refractivity contribution in [2.75, 3.05) is 7.11 Å². The number of carbonyl (C=O) groups is 1. The molecular formula is C26H31FN2O3. The van der Waals surface area contributed by atoms with Gasteiger partial charge in [0.25, 0.3) is 0 Å². The van der Waals surface area contributed by atoms with Gasteiger partial charge in [0.1, 0.15) is 17.3 Å². The highest BCUT2D eigenvalue weighted by molar-refractivity contribution is 5.98. The third-order valence-corrected chi connectivity index (χ3v) is 6.51. The van der Waals surface area contributed by atoms with E-state index in [4.69, 9.17) is 4.74 Å². The summed E-state index contributed by atoms with van der Waals surface area (Å²) in [4.78, 5) is 12.4. The third kappa shape index (κ3) is 4.96. The summed E-state index contributed by atoms with van der Waals surface area (Å²) >= 11 is 0. The lowest BCUT2D eigenvalue weighted by Gasteiger charge is -2.21. The van der Waals surface area contributed by atoms with Crippen molar-refractivity contribution in [3.8, 4) is 5.75 Å². The zero-order valence-electron chi connectivity index (χ0n) is 18.6. The first kappa shape index (κ1) is 22.3. The summed E-state index contributed by atoms with van der Waals surface area (Å²) in [6.45, 7) is 0.848.